The van der Waals surface area contributed by atoms with E-state index in [1.165, 1.54) is 17.7 Å². The van der Waals surface area contributed by atoms with Crippen LogP contribution in [0.15, 0.2) is 30.9 Å². The average Bonchev–Trinajstić information content (AvgIpc) is 2.54. The predicted octanol–water partition coefficient (Wildman–Crippen LogP) is 2.86. The van der Waals surface area contributed by atoms with Gasteiger partial charge in [0.1, 0.15) is 6.33 Å². The highest BCUT2D eigenvalue weighted by Gasteiger charge is 2.00. The molecule has 0 amide bonds. The molecule has 0 unspecified atom stereocenters. The molecule has 0 aliphatic carbocycles. The van der Waals surface area contributed by atoms with Crippen molar-refractivity contribution >= 4 is 22.9 Å². The summed E-state index contributed by atoms with van der Waals surface area (Å²) in [6, 6.07) is 3.83. The van der Waals surface area contributed by atoms with E-state index < -0.39 is 0 Å². The molecule has 2 aromatic heterocycles. The second-order valence-electron chi connectivity index (χ2n) is 2.23. The first-order valence-electron chi connectivity index (χ1n) is 3.37. The molecule has 2 aromatic rings. The molecule has 2 nitrogen and oxygen atoms in total. The SMILES string of the molecule is Clc1ccc(-c2cncnc2)s1. The lowest BCUT2D eigenvalue weighted by Gasteiger charge is -1.91. The van der Waals surface area contributed by atoms with Crippen LogP contribution in [0.5, 0.6) is 0 Å². The molecule has 0 spiro atoms. The topological polar surface area (TPSA) is 25.8 Å². The van der Waals surface area contributed by atoms with Crippen molar-refractivity contribution in [1.82, 2.24) is 9.97 Å². The molecule has 0 aliphatic heterocycles. The van der Waals surface area contributed by atoms with Gasteiger partial charge in [0.25, 0.3) is 0 Å². The molecule has 0 radical (unpaired) electrons. The van der Waals surface area contributed by atoms with Crippen molar-refractivity contribution in [2.45, 2.75) is 0 Å². The van der Waals surface area contributed by atoms with E-state index in [-0.39, 0.29) is 0 Å². The smallest absolute Gasteiger partial charge is 0.115 e. The molecule has 0 atom stereocenters. The zero-order valence-electron chi connectivity index (χ0n) is 6.07. The molecule has 12 heavy (non-hydrogen) atoms. The lowest BCUT2D eigenvalue weighted by Crippen LogP contribution is -1.77. The zero-order valence-corrected chi connectivity index (χ0v) is 7.64. The molecule has 0 aromatic carbocycles. The molecular formula is C8H5ClN2S. The fourth-order valence-corrected chi connectivity index (χ4v) is 1.91. The van der Waals surface area contributed by atoms with Gasteiger partial charge in [-0.1, -0.05) is 11.6 Å². The minimum Gasteiger partial charge on any atom is -0.244 e. The van der Waals surface area contributed by atoms with E-state index in [1.807, 2.05) is 12.1 Å². The van der Waals surface area contributed by atoms with Gasteiger partial charge in [-0.05, 0) is 12.1 Å². The third-order valence-corrected chi connectivity index (χ3v) is 2.70. The first kappa shape index (κ1) is 7.71. The lowest BCUT2D eigenvalue weighted by molar-refractivity contribution is 1.17. The number of nitrogens with zero attached hydrogens (tertiary/aromatic N) is 2. The Hall–Kier alpha value is -0.930. The maximum atomic E-state index is 5.79. The predicted molar refractivity (Wildman–Crippen MR) is 50.4 cm³/mol. The van der Waals surface area contributed by atoms with E-state index in [0.717, 1.165) is 14.8 Å². The van der Waals surface area contributed by atoms with Gasteiger partial charge in [-0.15, -0.1) is 11.3 Å². The Morgan fingerprint density at radius 3 is 2.50 bits per heavy atom. The summed E-state index contributed by atoms with van der Waals surface area (Å²) in [6.07, 6.45) is 5.06. The van der Waals surface area contributed by atoms with Gasteiger partial charge in [0.15, 0.2) is 0 Å². The first-order valence-corrected chi connectivity index (χ1v) is 4.56. The highest BCUT2D eigenvalue weighted by atomic mass is 35.5. The molecule has 2 heterocycles. The van der Waals surface area contributed by atoms with Crippen LogP contribution in [-0.2, 0) is 0 Å². The monoisotopic (exact) mass is 196 g/mol. The van der Waals surface area contributed by atoms with Gasteiger partial charge in [-0.25, -0.2) is 9.97 Å². The standard InChI is InChI=1S/C8H5ClN2S/c9-8-2-1-7(12-8)6-3-10-5-11-4-6/h1-5H. The highest BCUT2D eigenvalue weighted by Crippen LogP contribution is 2.29. The van der Waals surface area contributed by atoms with Crippen LogP contribution in [0.25, 0.3) is 10.4 Å². The Morgan fingerprint density at radius 1 is 1.17 bits per heavy atom. The minimum absolute atomic E-state index is 0.786. The van der Waals surface area contributed by atoms with E-state index in [2.05, 4.69) is 9.97 Å². The van der Waals surface area contributed by atoms with Gasteiger partial charge in [0.2, 0.25) is 0 Å². The molecule has 2 rings (SSSR count). The summed E-state index contributed by atoms with van der Waals surface area (Å²) in [6.45, 7) is 0. The number of aromatic nitrogens is 2. The summed E-state index contributed by atoms with van der Waals surface area (Å²) in [5.74, 6) is 0. The number of rotatable bonds is 1. The summed E-state index contributed by atoms with van der Waals surface area (Å²) in [7, 11) is 0. The number of hydrogen-bond donors (Lipinski definition) is 0. The normalized spacial score (nSPS) is 10.1. The molecule has 0 aliphatic rings. The lowest BCUT2D eigenvalue weighted by atomic mass is 10.3. The van der Waals surface area contributed by atoms with Crippen LogP contribution in [0.1, 0.15) is 0 Å². The van der Waals surface area contributed by atoms with Crippen molar-refractivity contribution < 1.29 is 0 Å². The zero-order chi connectivity index (χ0) is 8.39. The molecule has 0 saturated heterocycles. The van der Waals surface area contributed by atoms with Crippen LogP contribution in [-0.4, -0.2) is 9.97 Å². The van der Waals surface area contributed by atoms with Crippen LogP contribution in [0.4, 0.5) is 0 Å². The fraction of sp³-hybridized carbons (Fsp3) is 0. The molecule has 0 fully saturated rings. The quantitative estimate of drug-likeness (QED) is 0.701. The average molecular weight is 197 g/mol. The van der Waals surface area contributed by atoms with E-state index in [9.17, 15) is 0 Å². The van der Waals surface area contributed by atoms with E-state index >= 15 is 0 Å². The van der Waals surface area contributed by atoms with Gasteiger partial charge in [0, 0.05) is 22.8 Å². The Bertz CT molecular complexity index is 372. The summed E-state index contributed by atoms with van der Waals surface area (Å²) in [5, 5.41) is 0. The molecule has 0 bridgehead atoms. The molecule has 0 N–H and O–H groups in total. The van der Waals surface area contributed by atoms with Gasteiger partial charge in [0.05, 0.1) is 4.34 Å². The largest absolute Gasteiger partial charge is 0.244 e. The number of thiophene rings is 1. The Kier molecular flexibility index (Phi) is 2.06. The van der Waals surface area contributed by atoms with Crippen molar-refractivity contribution in [2.75, 3.05) is 0 Å². The second-order valence-corrected chi connectivity index (χ2v) is 3.95. The maximum absolute atomic E-state index is 5.79. The molecular weight excluding hydrogens is 192 g/mol. The highest BCUT2D eigenvalue weighted by molar-refractivity contribution is 7.19. The summed E-state index contributed by atoms with van der Waals surface area (Å²) in [5.41, 5.74) is 1.01. The van der Waals surface area contributed by atoms with Crippen LogP contribution >= 0.6 is 22.9 Å². The van der Waals surface area contributed by atoms with Crippen LogP contribution in [0.2, 0.25) is 4.34 Å². The third kappa shape index (κ3) is 1.47. The minimum atomic E-state index is 0.786. The Morgan fingerprint density at radius 2 is 1.92 bits per heavy atom. The second kappa shape index (κ2) is 3.21. The van der Waals surface area contributed by atoms with Gasteiger partial charge in [-0.3, -0.25) is 0 Å². The molecule has 4 heteroatoms. The summed E-state index contributed by atoms with van der Waals surface area (Å²) < 4.78 is 0.786. The van der Waals surface area contributed by atoms with E-state index in [4.69, 9.17) is 11.6 Å². The Labute approximate surface area is 78.9 Å². The van der Waals surface area contributed by atoms with Crippen molar-refractivity contribution in [3.63, 3.8) is 0 Å². The van der Waals surface area contributed by atoms with Crippen LogP contribution in [0, 0.1) is 0 Å². The third-order valence-electron chi connectivity index (χ3n) is 1.42. The van der Waals surface area contributed by atoms with E-state index in [1.54, 1.807) is 12.4 Å². The van der Waals surface area contributed by atoms with Crippen molar-refractivity contribution in [2.24, 2.45) is 0 Å². The Balaban J connectivity index is 2.45. The number of hydrogen-bond acceptors (Lipinski definition) is 3. The van der Waals surface area contributed by atoms with Gasteiger partial charge in [-0.2, -0.15) is 0 Å². The van der Waals surface area contributed by atoms with Crippen LogP contribution in [0.3, 0.4) is 0 Å². The van der Waals surface area contributed by atoms with Gasteiger partial charge < -0.3 is 0 Å². The molecule has 0 saturated carbocycles. The van der Waals surface area contributed by atoms with Gasteiger partial charge >= 0.3 is 0 Å². The number of halogens is 1. The molecule has 60 valence electrons. The summed E-state index contributed by atoms with van der Waals surface area (Å²) in [4.78, 5) is 8.94. The van der Waals surface area contributed by atoms with Crippen molar-refractivity contribution in [1.29, 1.82) is 0 Å². The fourth-order valence-electron chi connectivity index (χ4n) is 0.896. The van der Waals surface area contributed by atoms with Crippen LogP contribution < -0.4 is 0 Å². The summed E-state index contributed by atoms with van der Waals surface area (Å²) >= 11 is 7.31. The van der Waals surface area contributed by atoms with Crippen molar-refractivity contribution in [3.8, 4) is 10.4 Å². The van der Waals surface area contributed by atoms with E-state index in [0.29, 0.717) is 0 Å². The first-order chi connectivity index (χ1) is 5.86. The maximum Gasteiger partial charge on any atom is 0.115 e. The van der Waals surface area contributed by atoms with Crippen molar-refractivity contribution in [3.05, 3.63) is 35.2 Å².